The summed E-state index contributed by atoms with van der Waals surface area (Å²) in [7, 11) is 0. The number of halogens is 4. The fourth-order valence-corrected chi connectivity index (χ4v) is 5.18. The van der Waals surface area contributed by atoms with Crippen LogP contribution >= 0.6 is 11.6 Å². The minimum atomic E-state index is -4.78. The van der Waals surface area contributed by atoms with Gasteiger partial charge in [0.25, 0.3) is 11.8 Å². The van der Waals surface area contributed by atoms with E-state index in [4.69, 9.17) is 23.1 Å². The number of nitrogen functional groups attached to an aromatic ring is 1. The number of alkyl halides is 3. The van der Waals surface area contributed by atoms with E-state index in [1.54, 1.807) is 15.9 Å². The molecule has 0 spiro atoms. The molecular formula is C23H28ClF3N8O2. The largest absolute Gasteiger partial charge is 0.437 e. The Balaban J connectivity index is 1.43. The number of hydrogen-bond acceptors (Lipinski definition) is 8. The van der Waals surface area contributed by atoms with Gasteiger partial charge in [-0.25, -0.2) is 15.0 Å². The molecule has 0 saturated carbocycles. The summed E-state index contributed by atoms with van der Waals surface area (Å²) in [5, 5.41) is 0.217. The molecule has 0 aromatic carbocycles. The van der Waals surface area contributed by atoms with Crippen LogP contribution in [0, 0.1) is 0 Å². The Bertz CT molecular complexity index is 1170. The number of amides is 2. The zero-order valence-electron chi connectivity index (χ0n) is 20.2. The number of nitrogens with two attached hydrogens (primary N) is 2. The third-order valence-corrected chi connectivity index (χ3v) is 7.13. The highest BCUT2D eigenvalue weighted by molar-refractivity contribution is 6.29. The van der Waals surface area contributed by atoms with Crippen molar-refractivity contribution in [2.75, 3.05) is 43.4 Å². The molecule has 0 unspecified atom stereocenters. The highest BCUT2D eigenvalue weighted by Crippen LogP contribution is 2.35. The van der Waals surface area contributed by atoms with Gasteiger partial charge in [-0.2, -0.15) is 13.2 Å². The van der Waals surface area contributed by atoms with Gasteiger partial charge in [0.05, 0.1) is 11.8 Å². The second-order valence-corrected chi connectivity index (χ2v) is 9.51. The lowest BCUT2D eigenvalue weighted by molar-refractivity contribution is -0.141. The van der Waals surface area contributed by atoms with Crippen LogP contribution in [0.25, 0.3) is 0 Å². The number of carbonyl (C=O) groups excluding carboxylic acids is 2. The molecule has 0 aliphatic carbocycles. The molecule has 1 atom stereocenters. The van der Waals surface area contributed by atoms with E-state index < -0.39 is 23.5 Å². The van der Waals surface area contributed by atoms with Gasteiger partial charge in [-0.3, -0.25) is 14.5 Å². The van der Waals surface area contributed by atoms with E-state index in [1.807, 2.05) is 6.92 Å². The summed E-state index contributed by atoms with van der Waals surface area (Å²) < 4.78 is 41.2. The van der Waals surface area contributed by atoms with Crippen molar-refractivity contribution in [3.8, 4) is 0 Å². The molecule has 2 fully saturated rings. The summed E-state index contributed by atoms with van der Waals surface area (Å²) in [6, 6.07) is 3.26. The highest BCUT2D eigenvalue weighted by Gasteiger charge is 2.41. The van der Waals surface area contributed by atoms with Gasteiger partial charge in [0, 0.05) is 44.8 Å². The average Bonchev–Trinajstić information content (AvgIpc) is 2.87. The van der Waals surface area contributed by atoms with Crippen LogP contribution < -0.4 is 16.4 Å². The number of piperazine rings is 1. The molecule has 2 aromatic heterocycles. The topological polar surface area (TPSA) is 135 Å². The van der Waals surface area contributed by atoms with Gasteiger partial charge in [-0.1, -0.05) is 18.5 Å². The Morgan fingerprint density at radius 3 is 2.43 bits per heavy atom. The van der Waals surface area contributed by atoms with Crippen LogP contribution in [0.15, 0.2) is 18.3 Å². The third kappa shape index (κ3) is 5.72. The molecule has 0 radical (unpaired) electrons. The van der Waals surface area contributed by atoms with Crippen molar-refractivity contribution < 1.29 is 22.8 Å². The van der Waals surface area contributed by atoms with Crippen molar-refractivity contribution in [3.05, 3.63) is 40.4 Å². The monoisotopic (exact) mass is 540 g/mol. The molecule has 4 heterocycles. The predicted molar refractivity (Wildman–Crippen MR) is 131 cm³/mol. The summed E-state index contributed by atoms with van der Waals surface area (Å²) >= 11 is 5.83. The van der Waals surface area contributed by atoms with E-state index in [2.05, 4.69) is 19.9 Å². The highest BCUT2D eigenvalue weighted by atomic mass is 35.5. The first kappa shape index (κ1) is 26.9. The Labute approximate surface area is 216 Å². The Morgan fingerprint density at radius 2 is 1.84 bits per heavy atom. The lowest BCUT2D eigenvalue weighted by Gasteiger charge is -2.47. The molecule has 200 valence electrons. The molecule has 2 amide bonds. The average molecular weight is 541 g/mol. The molecule has 37 heavy (non-hydrogen) atoms. The molecule has 2 aliphatic rings. The molecular weight excluding hydrogens is 513 g/mol. The van der Waals surface area contributed by atoms with Crippen LogP contribution in [-0.2, 0) is 6.18 Å². The van der Waals surface area contributed by atoms with E-state index in [1.165, 1.54) is 6.07 Å². The normalized spacial score (nSPS) is 19.8. The molecule has 2 aromatic rings. The Kier molecular flexibility index (Phi) is 7.74. The fourth-order valence-electron chi connectivity index (χ4n) is 5.03. The van der Waals surface area contributed by atoms with Gasteiger partial charge in [0.15, 0.2) is 11.5 Å². The van der Waals surface area contributed by atoms with Gasteiger partial charge in [-0.05, 0) is 31.4 Å². The van der Waals surface area contributed by atoms with Crippen molar-refractivity contribution in [2.24, 2.45) is 5.73 Å². The van der Waals surface area contributed by atoms with Gasteiger partial charge in [0.2, 0.25) is 0 Å². The Morgan fingerprint density at radius 1 is 1.14 bits per heavy atom. The SMILES string of the molecule is CC[C@H]1CN(c2ncc(C(N)=O)nc2C(F)(F)F)CCN1C1CCN(C(=O)c2ccc(Cl)nc2N)CC1. The molecule has 0 bridgehead atoms. The molecule has 2 aliphatic heterocycles. The van der Waals surface area contributed by atoms with Crippen LogP contribution in [0.1, 0.15) is 52.7 Å². The van der Waals surface area contributed by atoms with E-state index >= 15 is 0 Å². The van der Waals surface area contributed by atoms with Crippen LogP contribution in [0.4, 0.5) is 24.8 Å². The number of piperidine rings is 1. The number of pyridine rings is 1. The van der Waals surface area contributed by atoms with Gasteiger partial charge < -0.3 is 21.3 Å². The second-order valence-electron chi connectivity index (χ2n) is 9.13. The zero-order chi connectivity index (χ0) is 26.9. The third-order valence-electron chi connectivity index (χ3n) is 6.92. The maximum Gasteiger partial charge on any atom is 0.437 e. The molecule has 10 nitrogen and oxygen atoms in total. The molecule has 4 rings (SSSR count). The fraction of sp³-hybridized carbons (Fsp3) is 0.522. The number of anilines is 2. The van der Waals surface area contributed by atoms with Crippen molar-refractivity contribution in [1.82, 2.24) is 24.8 Å². The second kappa shape index (κ2) is 10.7. The Hall–Kier alpha value is -3.19. The van der Waals surface area contributed by atoms with Gasteiger partial charge in [0.1, 0.15) is 16.7 Å². The number of carbonyl (C=O) groups is 2. The first-order valence-electron chi connectivity index (χ1n) is 12.0. The lowest BCUT2D eigenvalue weighted by atomic mass is 9.97. The minimum absolute atomic E-state index is 0.0178. The number of aromatic nitrogens is 3. The summed E-state index contributed by atoms with van der Waals surface area (Å²) in [6.45, 7) is 4.22. The summed E-state index contributed by atoms with van der Waals surface area (Å²) in [5.74, 6) is -1.48. The number of rotatable bonds is 5. The van der Waals surface area contributed by atoms with Crippen LogP contribution in [0.3, 0.4) is 0 Å². The smallest absolute Gasteiger partial charge is 0.383 e. The molecule has 14 heteroatoms. The standard InChI is InChI=1S/C23H28ClF3N8O2/c1-2-13-12-34(21-18(23(25,26)27)31-16(11-30-21)20(29)36)9-10-35(13)14-5-7-33(8-6-14)22(37)15-3-4-17(24)32-19(15)28/h3-4,11,13-14H,2,5-10,12H2,1H3,(H2,28,32)(H2,29,36)/t13-/m0/s1. The number of nitrogens with zero attached hydrogens (tertiary/aromatic N) is 6. The summed E-state index contributed by atoms with van der Waals surface area (Å²) in [5.41, 5.74) is 9.55. The van der Waals surface area contributed by atoms with Crippen molar-refractivity contribution >= 4 is 35.1 Å². The summed E-state index contributed by atoms with van der Waals surface area (Å²) in [6.07, 6.45) is -1.63. The minimum Gasteiger partial charge on any atom is -0.383 e. The maximum absolute atomic E-state index is 13.7. The first-order chi connectivity index (χ1) is 17.5. The van der Waals surface area contributed by atoms with Gasteiger partial charge in [-0.15, -0.1) is 0 Å². The summed E-state index contributed by atoms with van der Waals surface area (Å²) in [4.78, 5) is 41.2. The number of hydrogen-bond donors (Lipinski definition) is 2. The molecule has 4 N–H and O–H groups in total. The van der Waals surface area contributed by atoms with Crippen LogP contribution in [0.2, 0.25) is 5.15 Å². The van der Waals surface area contributed by atoms with E-state index in [9.17, 15) is 22.8 Å². The zero-order valence-corrected chi connectivity index (χ0v) is 21.0. The van der Waals surface area contributed by atoms with E-state index in [0.717, 1.165) is 25.5 Å². The van der Waals surface area contributed by atoms with Crippen molar-refractivity contribution in [3.63, 3.8) is 0 Å². The van der Waals surface area contributed by atoms with Gasteiger partial charge >= 0.3 is 6.18 Å². The quantitative estimate of drug-likeness (QED) is 0.552. The number of likely N-dealkylation sites (tertiary alicyclic amines) is 1. The molecule has 2 saturated heterocycles. The van der Waals surface area contributed by atoms with Crippen LogP contribution in [0.5, 0.6) is 0 Å². The first-order valence-corrected chi connectivity index (χ1v) is 12.3. The number of primary amides is 1. The van der Waals surface area contributed by atoms with Crippen molar-refractivity contribution in [1.29, 1.82) is 0 Å². The van der Waals surface area contributed by atoms with E-state index in [-0.39, 0.29) is 34.8 Å². The van der Waals surface area contributed by atoms with Crippen molar-refractivity contribution in [2.45, 2.75) is 44.4 Å². The lowest BCUT2D eigenvalue weighted by Crippen LogP contribution is -2.59. The predicted octanol–water partition coefficient (Wildman–Crippen LogP) is 2.43. The maximum atomic E-state index is 13.7. The van der Waals surface area contributed by atoms with Crippen LogP contribution in [-0.4, -0.2) is 81.4 Å². The van der Waals surface area contributed by atoms with E-state index in [0.29, 0.717) is 38.3 Å².